The number of nitrogens with zero attached hydrogens (tertiary/aromatic N) is 1. The molecule has 8 heteroatoms. The molecule has 32 heavy (non-hydrogen) atoms. The zero-order chi connectivity index (χ0) is 22.7. The maximum Gasteiger partial charge on any atom is 0.252 e. The number of carbonyl (C=O) groups is 2. The van der Waals surface area contributed by atoms with E-state index in [0.717, 1.165) is 27.6 Å². The summed E-state index contributed by atoms with van der Waals surface area (Å²) in [7, 11) is 1.66. The second-order valence-corrected chi connectivity index (χ2v) is 8.81. The molecule has 0 aliphatic carbocycles. The quantitative estimate of drug-likeness (QED) is 0.178. The number of nitrogens with one attached hydrogen (secondary N) is 3. The molecule has 1 atom stereocenters. The number of amides is 2. The van der Waals surface area contributed by atoms with E-state index < -0.39 is 6.04 Å². The van der Waals surface area contributed by atoms with E-state index in [-0.39, 0.29) is 18.4 Å². The Morgan fingerprint density at radius 2 is 1.66 bits per heavy atom. The fourth-order valence-corrected chi connectivity index (χ4v) is 4.54. The maximum atomic E-state index is 12.6. The van der Waals surface area contributed by atoms with Crippen LogP contribution < -0.4 is 22.0 Å². The zero-order valence-electron chi connectivity index (χ0n) is 18.1. The predicted octanol–water partition coefficient (Wildman–Crippen LogP) is 3.07. The van der Waals surface area contributed by atoms with Gasteiger partial charge in [-0.2, -0.15) is 11.8 Å². The summed E-state index contributed by atoms with van der Waals surface area (Å²) >= 11 is 1.65. The minimum absolute atomic E-state index is 0.0583. The van der Waals surface area contributed by atoms with Crippen molar-refractivity contribution in [2.75, 3.05) is 30.9 Å². The predicted molar refractivity (Wildman–Crippen MR) is 134 cm³/mol. The van der Waals surface area contributed by atoms with Crippen LogP contribution in [-0.2, 0) is 9.59 Å². The molecule has 0 bridgehead atoms. The molecule has 0 spiro atoms. The number of thioether (sulfide) groups is 1. The van der Waals surface area contributed by atoms with E-state index in [1.165, 1.54) is 21.2 Å². The average Bonchev–Trinajstić information content (AvgIpc) is 2.78. The molecule has 0 fully saturated rings. The van der Waals surface area contributed by atoms with Crippen molar-refractivity contribution in [2.45, 2.75) is 12.5 Å². The highest BCUT2D eigenvalue weighted by atomic mass is 32.2. The summed E-state index contributed by atoms with van der Waals surface area (Å²) in [5, 5.41) is 11.2. The van der Waals surface area contributed by atoms with Crippen LogP contribution in [0.25, 0.3) is 32.3 Å². The highest BCUT2D eigenvalue weighted by Gasteiger charge is 2.21. The molecule has 4 aromatic carbocycles. The lowest BCUT2D eigenvalue weighted by molar-refractivity contribution is -0.127. The number of hydrogen-bond acceptors (Lipinski definition) is 6. The molecule has 2 amide bonds. The summed E-state index contributed by atoms with van der Waals surface area (Å²) in [4.78, 5) is 24.9. The molecule has 0 saturated heterocycles. The van der Waals surface area contributed by atoms with E-state index >= 15 is 0 Å². The van der Waals surface area contributed by atoms with Gasteiger partial charge in [-0.15, -0.1) is 0 Å². The summed E-state index contributed by atoms with van der Waals surface area (Å²) in [5.41, 5.74) is 6.05. The van der Waals surface area contributed by atoms with Crippen molar-refractivity contribution < 1.29 is 9.59 Å². The molecular formula is C24H27N5O2S. The Labute approximate surface area is 191 Å². The van der Waals surface area contributed by atoms with Gasteiger partial charge in [0, 0.05) is 18.1 Å². The minimum Gasteiger partial charge on any atom is -0.324 e. The smallest absolute Gasteiger partial charge is 0.252 e. The van der Waals surface area contributed by atoms with E-state index in [1.807, 2.05) is 24.5 Å². The van der Waals surface area contributed by atoms with E-state index in [4.69, 9.17) is 5.84 Å². The number of anilines is 1. The summed E-state index contributed by atoms with van der Waals surface area (Å²) < 4.78 is 0. The summed E-state index contributed by atoms with van der Waals surface area (Å²) in [5.74, 6) is 6.09. The third-order valence-corrected chi connectivity index (χ3v) is 6.30. The van der Waals surface area contributed by atoms with E-state index in [0.29, 0.717) is 6.42 Å². The van der Waals surface area contributed by atoms with Gasteiger partial charge in [-0.1, -0.05) is 48.5 Å². The zero-order valence-corrected chi connectivity index (χ0v) is 19.0. The first-order valence-corrected chi connectivity index (χ1v) is 11.8. The fourth-order valence-electron chi connectivity index (χ4n) is 4.08. The van der Waals surface area contributed by atoms with Gasteiger partial charge in [-0.25, -0.2) is 10.4 Å². The van der Waals surface area contributed by atoms with Crippen LogP contribution >= 0.6 is 11.8 Å². The average molecular weight is 450 g/mol. The molecule has 0 aliphatic heterocycles. The van der Waals surface area contributed by atoms with Crippen molar-refractivity contribution in [2.24, 2.45) is 5.84 Å². The number of hydrazine groups is 2. The molecule has 0 aromatic heterocycles. The lowest BCUT2D eigenvalue weighted by Crippen LogP contribution is -2.53. The van der Waals surface area contributed by atoms with E-state index in [9.17, 15) is 9.59 Å². The van der Waals surface area contributed by atoms with Crippen LogP contribution in [0.5, 0.6) is 0 Å². The van der Waals surface area contributed by atoms with Gasteiger partial charge in [0.05, 0.1) is 6.54 Å². The van der Waals surface area contributed by atoms with Gasteiger partial charge >= 0.3 is 0 Å². The molecule has 0 unspecified atom stereocenters. The molecule has 166 valence electrons. The Morgan fingerprint density at radius 1 is 1.00 bits per heavy atom. The van der Waals surface area contributed by atoms with Crippen LogP contribution in [0.2, 0.25) is 0 Å². The molecule has 4 rings (SSSR count). The molecule has 0 saturated carbocycles. The monoisotopic (exact) mass is 449 g/mol. The highest BCUT2D eigenvalue weighted by molar-refractivity contribution is 7.98. The van der Waals surface area contributed by atoms with Gasteiger partial charge in [0.1, 0.15) is 6.04 Å². The SMILES string of the molecule is CSCC[C@@H](C(=O)NNCC(=O)Nc1ccc2ccc3cccc4ccc1c2c34)N(C)N. The Hall–Kier alpha value is -2.91. The first-order chi connectivity index (χ1) is 15.5. The van der Waals surface area contributed by atoms with Gasteiger partial charge in [0.15, 0.2) is 0 Å². The Morgan fingerprint density at radius 3 is 2.34 bits per heavy atom. The number of likely N-dealkylation sites (N-methyl/N-ethyl adjacent to an activating group) is 1. The summed E-state index contributed by atoms with van der Waals surface area (Å²) in [6.07, 6.45) is 2.60. The van der Waals surface area contributed by atoms with Crippen molar-refractivity contribution >= 4 is 61.6 Å². The van der Waals surface area contributed by atoms with Gasteiger partial charge in [-0.3, -0.25) is 20.9 Å². The lowest BCUT2D eigenvalue weighted by Gasteiger charge is -2.22. The van der Waals surface area contributed by atoms with Crippen LogP contribution in [0, 0.1) is 0 Å². The van der Waals surface area contributed by atoms with Gasteiger partial charge < -0.3 is 5.32 Å². The molecule has 7 nitrogen and oxygen atoms in total. The first-order valence-electron chi connectivity index (χ1n) is 10.4. The molecule has 4 aromatic rings. The van der Waals surface area contributed by atoms with Gasteiger partial charge in [0.2, 0.25) is 5.91 Å². The molecular weight excluding hydrogens is 422 g/mol. The Bertz CT molecular complexity index is 1240. The maximum absolute atomic E-state index is 12.6. The van der Waals surface area contributed by atoms with Crippen LogP contribution in [0.1, 0.15) is 6.42 Å². The van der Waals surface area contributed by atoms with E-state index in [1.54, 1.807) is 18.8 Å². The summed E-state index contributed by atoms with van der Waals surface area (Å²) in [6.45, 7) is -0.0583. The second-order valence-electron chi connectivity index (χ2n) is 7.82. The van der Waals surface area contributed by atoms with E-state index in [2.05, 4.69) is 52.6 Å². The third-order valence-electron chi connectivity index (χ3n) is 5.65. The van der Waals surface area contributed by atoms with Crippen molar-refractivity contribution in [3.05, 3.63) is 54.6 Å². The van der Waals surface area contributed by atoms with Gasteiger partial charge in [-0.05, 0) is 51.4 Å². The standard InChI is InChI=1S/C24H27N5O2S/c1-29(25)20(12-13-32-2)24(31)28-26-14-21(30)27-19-11-9-17-7-6-15-4-3-5-16-8-10-18(19)23(17)22(15)16/h3-11,20,26H,12-14,25H2,1-2H3,(H,27,30)(H,28,31)/t20-/m0/s1. The van der Waals surface area contributed by atoms with Crippen LogP contribution in [0.4, 0.5) is 5.69 Å². The van der Waals surface area contributed by atoms with Crippen molar-refractivity contribution in [1.82, 2.24) is 15.9 Å². The fraction of sp³-hybridized carbons (Fsp3) is 0.250. The van der Waals surface area contributed by atoms with Crippen molar-refractivity contribution in [3.63, 3.8) is 0 Å². The number of hydrogen-bond donors (Lipinski definition) is 4. The second kappa shape index (κ2) is 9.70. The van der Waals surface area contributed by atoms with Crippen molar-refractivity contribution in [3.8, 4) is 0 Å². The van der Waals surface area contributed by atoms with Crippen LogP contribution in [-0.4, -0.2) is 48.5 Å². The minimum atomic E-state index is -0.462. The van der Waals surface area contributed by atoms with Crippen LogP contribution in [0.3, 0.4) is 0 Å². The van der Waals surface area contributed by atoms with Gasteiger partial charge in [0.25, 0.3) is 5.91 Å². The highest BCUT2D eigenvalue weighted by Crippen LogP contribution is 2.37. The molecule has 0 heterocycles. The topological polar surface area (TPSA) is 99.5 Å². The number of rotatable bonds is 9. The number of nitrogens with two attached hydrogens (primary N) is 1. The van der Waals surface area contributed by atoms with Crippen LogP contribution in [0.15, 0.2) is 54.6 Å². The molecule has 5 N–H and O–H groups in total. The normalized spacial score (nSPS) is 12.6. The summed E-state index contributed by atoms with van der Waals surface area (Å²) in [6, 6.07) is 18.1. The molecule has 0 aliphatic rings. The van der Waals surface area contributed by atoms with Crippen molar-refractivity contribution in [1.29, 1.82) is 0 Å². The first kappa shape index (κ1) is 22.3. The lowest BCUT2D eigenvalue weighted by atomic mass is 9.93. The Balaban J connectivity index is 1.45. The number of benzene rings is 4. The largest absolute Gasteiger partial charge is 0.324 e. The third kappa shape index (κ3) is 4.49. The Kier molecular flexibility index (Phi) is 6.76. The molecule has 0 radical (unpaired) electrons. The number of carbonyl (C=O) groups excluding carboxylic acids is 2.